The molecule has 0 aromatic carbocycles. The molecule has 4 nitrogen and oxygen atoms in total. The lowest BCUT2D eigenvalue weighted by Gasteiger charge is -2.17. The number of rotatable bonds is 5. The molecule has 1 amide bonds. The van der Waals surface area contributed by atoms with Crippen LogP contribution in [0.25, 0.3) is 0 Å². The van der Waals surface area contributed by atoms with E-state index in [0.29, 0.717) is 12.5 Å². The van der Waals surface area contributed by atoms with Gasteiger partial charge < -0.3 is 15.5 Å². The van der Waals surface area contributed by atoms with Gasteiger partial charge in [-0.05, 0) is 53.2 Å². The molecule has 2 N–H and O–H groups in total. The first kappa shape index (κ1) is 14.5. The molecule has 1 rings (SSSR count). The first-order valence-corrected chi connectivity index (χ1v) is 6.79. The van der Waals surface area contributed by atoms with Crippen LogP contribution < -0.4 is 10.6 Å². The molecule has 1 atom stereocenters. The highest BCUT2D eigenvalue weighted by atomic mass is 16.1. The van der Waals surface area contributed by atoms with Gasteiger partial charge in [-0.15, -0.1) is 0 Å². The average Bonchev–Trinajstić information content (AvgIpc) is 2.42. The maximum Gasteiger partial charge on any atom is 0.221 e. The molecule has 17 heavy (non-hydrogen) atoms. The van der Waals surface area contributed by atoms with Crippen LogP contribution in [0.1, 0.15) is 39.5 Å². The van der Waals surface area contributed by atoms with E-state index in [0.717, 1.165) is 13.1 Å². The van der Waals surface area contributed by atoms with Crippen molar-refractivity contribution in [3.05, 3.63) is 0 Å². The van der Waals surface area contributed by atoms with E-state index in [4.69, 9.17) is 0 Å². The van der Waals surface area contributed by atoms with Crippen LogP contribution >= 0.6 is 0 Å². The molecule has 0 bridgehead atoms. The van der Waals surface area contributed by atoms with Crippen molar-refractivity contribution in [1.82, 2.24) is 15.5 Å². The average molecular weight is 241 g/mol. The number of nitrogens with one attached hydrogen (secondary N) is 2. The number of hydrogen-bond donors (Lipinski definition) is 2. The minimum absolute atomic E-state index is 0.151. The molecule has 0 aromatic heterocycles. The van der Waals surface area contributed by atoms with E-state index < -0.39 is 0 Å². The SMILES string of the molecule is CC(C)NC(=O)CCNC1CCCN(C)CC1. The molecule has 0 radical (unpaired) electrons. The minimum atomic E-state index is 0.151. The lowest BCUT2D eigenvalue weighted by molar-refractivity contribution is -0.121. The third-order valence-corrected chi connectivity index (χ3v) is 3.19. The Hall–Kier alpha value is -0.610. The third kappa shape index (κ3) is 6.64. The maximum absolute atomic E-state index is 11.5. The molecule has 0 saturated carbocycles. The second kappa shape index (κ2) is 7.67. The predicted molar refractivity (Wildman–Crippen MR) is 71.0 cm³/mol. The van der Waals surface area contributed by atoms with Crippen LogP contribution in [-0.2, 0) is 4.79 Å². The van der Waals surface area contributed by atoms with Gasteiger partial charge in [-0.25, -0.2) is 0 Å². The molecule has 0 aromatic rings. The van der Waals surface area contributed by atoms with Gasteiger partial charge in [-0.2, -0.15) is 0 Å². The van der Waals surface area contributed by atoms with E-state index in [9.17, 15) is 4.79 Å². The van der Waals surface area contributed by atoms with Crippen molar-refractivity contribution in [2.75, 3.05) is 26.7 Å². The fraction of sp³-hybridized carbons (Fsp3) is 0.923. The zero-order valence-corrected chi connectivity index (χ0v) is 11.5. The normalized spacial score (nSPS) is 22.5. The summed E-state index contributed by atoms with van der Waals surface area (Å²) < 4.78 is 0. The summed E-state index contributed by atoms with van der Waals surface area (Å²) in [6.45, 7) is 7.15. The van der Waals surface area contributed by atoms with Gasteiger partial charge in [0.15, 0.2) is 0 Å². The van der Waals surface area contributed by atoms with Crippen molar-refractivity contribution in [2.45, 2.75) is 51.6 Å². The zero-order chi connectivity index (χ0) is 12.7. The molecule has 1 aliphatic rings. The Kier molecular flexibility index (Phi) is 6.52. The molecule has 1 saturated heterocycles. The van der Waals surface area contributed by atoms with Crippen molar-refractivity contribution in [3.8, 4) is 0 Å². The minimum Gasteiger partial charge on any atom is -0.354 e. The molecule has 100 valence electrons. The Balaban J connectivity index is 2.11. The van der Waals surface area contributed by atoms with E-state index in [1.54, 1.807) is 0 Å². The van der Waals surface area contributed by atoms with Crippen LogP contribution in [0.5, 0.6) is 0 Å². The lowest BCUT2D eigenvalue weighted by Crippen LogP contribution is -2.36. The Morgan fingerprint density at radius 1 is 1.35 bits per heavy atom. The smallest absolute Gasteiger partial charge is 0.221 e. The Morgan fingerprint density at radius 2 is 2.12 bits per heavy atom. The highest BCUT2D eigenvalue weighted by Crippen LogP contribution is 2.09. The summed E-state index contributed by atoms with van der Waals surface area (Å²) in [4.78, 5) is 13.8. The number of nitrogens with zero attached hydrogens (tertiary/aromatic N) is 1. The lowest BCUT2D eigenvalue weighted by atomic mass is 10.1. The molecular formula is C13H27N3O. The third-order valence-electron chi connectivity index (χ3n) is 3.19. The number of hydrogen-bond acceptors (Lipinski definition) is 3. The highest BCUT2D eigenvalue weighted by molar-refractivity contribution is 5.76. The largest absolute Gasteiger partial charge is 0.354 e. The van der Waals surface area contributed by atoms with Crippen molar-refractivity contribution >= 4 is 5.91 Å². The van der Waals surface area contributed by atoms with E-state index in [1.165, 1.54) is 25.8 Å². The van der Waals surface area contributed by atoms with Crippen molar-refractivity contribution in [1.29, 1.82) is 0 Å². The van der Waals surface area contributed by atoms with Gasteiger partial charge in [0.25, 0.3) is 0 Å². The van der Waals surface area contributed by atoms with E-state index in [2.05, 4.69) is 22.6 Å². The summed E-state index contributed by atoms with van der Waals surface area (Å²) in [5.41, 5.74) is 0. The maximum atomic E-state index is 11.5. The summed E-state index contributed by atoms with van der Waals surface area (Å²) in [5.74, 6) is 0.151. The molecule has 0 spiro atoms. The van der Waals surface area contributed by atoms with Crippen LogP contribution in [0.3, 0.4) is 0 Å². The van der Waals surface area contributed by atoms with E-state index >= 15 is 0 Å². The van der Waals surface area contributed by atoms with Gasteiger partial charge in [0.2, 0.25) is 5.91 Å². The summed E-state index contributed by atoms with van der Waals surface area (Å²) in [7, 11) is 2.18. The van der Waals surface area contributed by atoms with Gasteiger partial charge in [0.05, 0.1) is 0 Å². The molecular weight excluding hydrogens is 214 g/mol. The van der Waals surface area contributed by atoms with Gasteiger partial charge >= 0.3 is 0 Å². The van der Waals surface area contributed by atoms with Crippen LogP contribution in [0, 0.1) is 0 Å². The van der Waals surface area contributed by atoms with E-state index in [1.807, 2.05) is 13.8 Å². The monoisotopic (exact) mass is 241 g/mol. The van der Waals surface area contributed by atoms with Crippen LogP contribution in [0.15, 0.2) is 0 Å². The van der Waals surface area contributed by atoms with Gasteiger partial charge in [0, 0.05) is 25.0 Å². The van der Waals surface area contributed by atoms with Crippen molar-refractivity contribution in [2.24, 2.45) is 0 Å². The fourth-order valence-electron chi connectivity index (χ4n) is 2.23. The summed E-state index contributed by atoms with van der Waals surface area (Å²) in [6.07, 6.45) is 4.27. The number of likely N-dealkylation sites (tertiary alicyclic amines) is 1. The predicted octanol–water partition coefficient (Wildman–Crippen LogP) is 0.975. The summed E-state index contributed by atoms with van der Waals surface area (Å²) in [6, 6.07) is 0.834. The molecule has 1 heterocycles. The highest BCUT2D eigenvalue weighted by Gasteiger charge is 2.14. The summed E-state index contributed by atoms with van der Waals surface area (Å²) >= 11 is 0. The molecule has 0 aliphatic carbocycles. The fourth-order valence-corrected chi connectivity index (χ4v) is 2.23. The van der Waals surface area contributed by atoms with E-state index in [-0.39, 0.29) is 11.9 Å². The van der Waals surface area contributed by atoms with Gasteiger partial charge in [-0.3, -0.25) is 4.79 Å². The number of carbonyl (C=O) groups excluding carboxylic acids is 1. The molecule has 4 heteroatoms. The molecule has 1 unspecified atom stereocenters. The Morgan fingerprint density at radius 3 is 2.82 bits per heavy atom. The summed E-state index contributed by atoms with van der Waals surface area (Å²) in [5, 5.41) is 6.41. The standard InChI is InChI=1S/C13H27N3O/c1-11(2)15-13(17)6-8-14-12-5-4-9-16(3)10-7-12/h11-12,14H,4-10H2,1-3H3,(H,15,17). The van der Waals surface area contributed by atoms with Crippen LogP contribution in [-0.4, -0.2) is 49.6 Å². The molecule has 1 aliphatic heterocycles. The second-order valence-corrected chi connectivity index (χ2v) is 5.36. The number of amides is 1. The first-order chi connectivity index (χ1) is 8.08. The van der Waals surface area contributed by atoms with Crippen LogP contribution in [0.4, 0.5) is 0 Å². The second-order valence-electron chi connectivity index (χ2n) is 5.36. The van der Waals surface area contributed by atoms with Gasteiger partial charge in [0.1, 0.15) is 0 Å². The topological polar surface area (TPSA) is 44.4 Å². The van der Waals surface area contributed by atoms with Crippen LogP contribution in [0.2, 0.25) is 0 Å². The molecule has 1 fully saturated rings. The number of carbonyl (C=O) groups is 1. The first-order valence-electron chi connectivity index (χ1n) is 6.79. The Labute approximate surface area is 105 Å². The van der Waals surface area contributed by atoms with Gasteiger partial charge in [-0.1, -0.05) is 0 Å². The quantitative estimate of drug-likeness (QED) is 0.754. The van der Waals surface area contributed by atoms with Crippen molar-refractivity contribution in [3.63, 3.8) is 0 Å². The zero-order valence-electron chi connectivity index (χ0n) is 11.5. The Bertz CT molecular complexity index is 231. The van der Waals surface area contributed by atoms with Crippen molar-refractivity contribution < 1.29 is 4.79 Å².